The second-order valence-electron chi connectivity index (χ2n) is 4.34. The topological polar surface area (TPSA) is 41.5 Å². The van der Waals surface area contributed by atoms with Crippen molar-refractivity contribution in [1.82, 2.24) is 0 Å². The lowest BCUT2D eigenvalue weighted by molar-refractivity contribution is 0.339. The summed E-state index contributed by atoms with van der Waals surface area (Å²) in [5.41, 5.74) is 0.807. The maximum Gasteiger partial charge on any atom is 0.187 e. The van der Waals surface area contributed by atoms with Crippen LogP contribution in [0.4, 0.5) is 18.9 Å². The molecular weight excluding hydrogens is 283 g/mol. The number of rotatable bonds is 5. The number of anilines is 1. The highest BCUT2D eigenvalue weighted by molar-refractivity contribution is 5.56. The quantitative estimate of drug-likeness (QED) is 0.881. The highest BCUT2D eigenvalue weighted by Crippen LogP contribution is 2.27. The van der Waals surface area contributed by atoms with Gasteiger partial charge in [0, 0.05) is 12.6 Å². The van der Waals surface area contributed by atoms with Gasteiger partial charge in [0.1, 0.15) is 11.6 Å². The smallest absolute Gasteiger partial charge is 0.187 e. The summed E-state index contributed by atoms with van der Waals surface area (Å²) in [4.78, 5) is 0. The van der Waals surface area contributed by atoms with Crippen molar-refractivity contribution in [2.24, 2.45) is 0 Å². The number of ether oxygens (including phenoxy) is 1. The molecule has 0 saturated carbocycles. The molecule has 112 valence electrons. The zero-order valence-corrected chi connectivity index (χ0v) is 11.3. The number of phenols is 1. The van der Waals surface area contributed by atoms with E-state index in [0.29, 0.717) is 23.6 Å². The van der Waals surface area contributed by atoms with Gasteiger partial charge in [-0.2, -0.15) is 0 Å². The molecule has 0 heterocycles. The minimum Gasteiger partial charge on any atom is -0.503 e. The van der Waals surface area contributed by atoms with E-state index in [0.717, 1.165) is 12.1 Å². The zero-order chi connectivity index (χ0) is 15.4. The van der Waals surface area contributed by atoms with Crippen molar-refractivity contribution < 1.29 is 23.0 Å². The summed E-state index contributed by atoms with van der Waals surface area (Å²) in [5, 5.41) is 11.9. The molecule has 0 unspecified atom stereocenters. The first-order valence-corrected chi connectivity index (χ1v) is 6.34. The normalized spacial score (nSPS) is 10.5. The van der Waals surface area contributed by atoms with Gasteiger partial charge in [0.15, 0.2) is 17.4 Å². The summed E-state index contributed by atoms with van der Waals surface area (Å²) in [6, 6.07) is 6.00. The Morgan fingerprint density at radius 1 is 1.10 bits per heavy atom. The first kappa shape index (κ1) is 15.0. The number of halogens is 3. The second kappa shape index (κ2) is 6.39. The molecule has 0 aromatic heterocycles. The molecule has 2 aromatic carbocycles. The molecule has 0 atom stereocenters. The maximum atomic E-state index is 13.2. The minimum atomic E-state index is -1.03. The van der Waals surface area contributed by atoms with Crippen LogP contribution in [-0.2, 0) is 6.54 Å². The maximum absolute atomic E-state index is 13.2. The van der Waals surface area contributed by atoms with Gasteiger partial charge in [0.25, 0.3) is 0 Å². The number of hydrogen-bond acceptors (Lipinski definition) is 3. The van der Waals surface area contributed by atoms with Crippen LogP contribution >= 0.6 is 0 Å². The molecule has 0 fully saturated rings. The number of phenolic OH excluding ortho intramolecular Hbond substituents is 1. The summed E-state index contributed by atoms with van der Waals surface area (Å²) in [6.45, 7) is 2.22. The third-order valence-electron chi connectivity index (χ3n) is 2.80. The van der Waals surface area contributed by atoms with E-state index in [9.17, 15) is 13.2 Å². The second-order valence-corrected chi connectivity index (χ2v) is 4.34. The van der Waals surface area contributed by atoms with E-state index in [4.69, 9.17) is 9.84 Å². The zero-order valence-electron chi connectivity index (χ0n) is 11.3. The lowest BCUT2D eigenvalue weighted by Crippen LogP contribution is -2.04. The summed E-state index contributed by atoms with van der Waals surface area (Å²) >= 11 is 0. The van der Waals surface area contributed by atoms with Gasteiger partial charge in [-0.15, -0.1) is 0 Å². The molecule has 2 aromatic rings. The van der Waals surface area contributed by atoms with E-state index in [1.807, 2.05) is 0 Å². The molecule has 21 heavy (non-hydrogen) atoms. The van der Waals surface area contributed by atoms with Crippen LogP contribution in [0, 0.1) is 17.5 Å². The molecule has 2 N–H and O–H groups in total. The van der Waals surface area contributed by atoms with Crippen molar-refractivity contribution in [3.05, 3.63) is 53.3 Å². The Morgan fingerprint density at radius 3 is 2.38 bits per heavy atom. The Bertz CT molecular complexity index is 624. The fraction of sp³-hybridized carbons (Fsp3) is 0.200. The highest BCUT2D eigenvalue weighted by atomic mass is 19.1. The molecule has 0 spiro atoms. The van der Waals surface area contributed by atoms with Gasteiger partial charge >= 0.3 is 0 Å². The lowest BCUT2D eigenvalue weighted by Gasteiger charge is -2.13. The molecule has 2 rings (SSSR count). The molecule has 0 radical (unpaired) electrons. The van der Waals surface area contributed by atoms with Gasteiger partial charge in [-0.1, -0.05) is 0 Å². The number of aromatic hydroxyl groups is 1. The van der Waals surface area contributed by atoms with Crippen molar-refractivity contribution in [2.75, 3.05) is 11.9 Å². The molecule has 0 amide bonds. The van der Waals surface area contributed by atoms with Crippen molar-refractivity contribution in [2.45, 2.75) is 13.5 Å². The monoisotopic (exact) mass is 297 g/mol. The van der Waals surface area contributed by atoms with Gasteiger partial charge in [0.05, 0.1) is 12.3 Å². The number of benzene rings is 2. The lowest BCUT2D eigenvalue weighted by atomic mass is 10.2. The van der Waals surface area contributed by atoms with Gasteiger partial charge in [-0.05, 0) is 36.8 Å². The van der Waals surface area contributed by atoms with Crippen LogP contribution in [0.2, 0.25) is 0 Å². The Kier molecular flexibility index (Phi) is 4.57. The van der Waals surface area contributed by atoms with E-state index in [-0.39, 0.29) is 6.54 Å². The average molecular weight is 297 g/mol. The van der Waals surface area contributed by atoms with Crippen LogP contribution in [0.25, 0.3) is 0 Å². The standard InChI is InChI=1S/C15H14F3NO2/c1-2-21-14-7-10(16)3-4-13(14)19-8-9-5-11(17)15(20)12(18)6-9/h3-7,19-20H,2,8H2,1H3. The van der Waals surface area contributed by atoms with Crippen LogP contribution < -0.4 is 10.1 Å². The Labute approximate surface area is 120 Å². The molecule has 0 aliphatic rings. The number of nitrogens with one attached hydrogen (secondary N) is 1. The Hall–Kier alpha value is -2.37. The van der Waals surface area contributed by atoms with Gasteiger partial charge < -0.3 is 15.2 Å². The highest BCUT2D eigenvalue weighted by Gasteiger charge is 2.10. The summed E-state index contributed by atoms with van der Waals surface area (Å²) in [6.07, 6.45) is 0. The predicted octanol–water partition coefficient (Wildman–Crippen LogP) is 3.82. The third-order valence-corrected chi connectivity index (χ3v) is 2.80. The Morgan fingerprint density at radius 2 is 1.76 bits per heavy atom. The van der Waals surface area contributed by atoms with Crippen LogP contribution in [0.1, 0.15) is 12.5 Å². The van der Waals surface area contributed by atoms with E-state index in [1.54, 1.807) is 6.92 Å². The largest absolute Gasteiger partial charge is 0.503 e. The van der Waals surface area contributed by atoms with Crippen molar-refractivity contribution in [3.8, 4) is 11.5 Å². The first-order valence-electron chi connectivity index (χ1n) is 6.34. The summed E-state index contributed by atoms with van der Waals surface area (Å²) in [5.74, 6) is -3.19. The summed E-state index contributed by atoms with van der Waals surface area (Å²) < 4.78 is 44.9. The van der Waals surface area contributed by atoms with Crippen LogP contribution in [0.5, 0.6) is 11.5 Å². The van der Waals surface area contributed by atoms with E-state index < -0.39 is 23.2 Å². The van der Waals surface area contributed by atoms with Crippen LogP contribution in [0.3, 0.4) is 0 Å². The van der Waals surface area contributed by atoms with Crippen LogP contribution in [0.15, 0.2) is 30.3 Å². The van der Waals surface area contributed by atoms with E-state index in [1.165, 1.54) is 18.2 Å². The predicted molar refractivity (Wildman–Crippen MR) is 72.9 cm³/mol. The molecule has 0 saturated heterocycles. The average Bonchev–Trinajstić information content (AvgIpc) is 2.44. The van der Waals surface area contributed by atoms with Gasteiger partial charge in [0.2, 0.25) is 0 Å². The van der Waals surface area contributed by atoms with Crippen molar-refractivity contribution in [1.29, 1.82) is 0 Å². The molecule has 0 bridgehead atoms. The molecule has 6 heteroatoms. The summed E-state index contributed by atoms with van der Waals surface area (Å²) in [7, 11) is 0. The van der Waals surface area contributed by atoms with E-state index >= 15 is 0 Å². The van der Waals surface area contributed by atoms with E-state index in [2.05, 4.69) is 5.32 Å². The molecule has 0 aliphatic heterocycles. The van der Waals surface area contributed by atoms with Crippen LogP contribution in [-0.4, -0.2) is 11.7 Å². The Balaban J connectivity index is 2.16. The molecular formula is C15H14F3NO2. The van der Waals surface area contributed by atoms with Gasteiger partial charge in [-0.3, -0.25) is 0 Å². The fourth-order valence-corrected chi connectivity index (χ4v) is 1.83. The molecule has 3 nitrogen and oxygen atoms in total. The molecule has 0 aliphatic carbocycles. The van der Waals surface area contributed by atoms with Crippen molar-refractivity contribution >= 4 is 5.69 Å². The SMILES string of the molecule is CCOc1cc(F)ccc1NCc1cc(F)c(O)c(F)c1. The minimum absolute atomic E-state index is 0.0971. The fourth-order valence-electron chi connectivity index (χ4n) is 1.83. The number of hydrogen-bond donors (Lipinski definition) is 2. The third kappa shape index (κ3) is 3.59. The first-order chi connectivity index (χ1) is 10.0. The van der Waals surface area contributed by atoms with Crippen molar-refractivity contribution in [3.63, 3.8) is 0 Å². The van der Waals surface area contributed by atoms with Gasteiger partial charge in [-0.25, -0.2) is 13.2 Å².